The van der Waals surface area contributed by atoms with Gasteiger partial charge in [-0.05, 0) is 11.6 Å². The lowest BCUT2D eigenvalue weighted by Crippen LogP contribution is -2.17. The Morgan fingerprint density at radius 2 is 2.32 bits per heavy atom. The predicted molar refractivity (Wildman–Crippen MR) is 72.0 cm³/mol. The molecule has 2 aromatic heterocycles. The van der Waals surface area contributed by atoms with Gasteiger partial charge in [-0.1, -0.05) is 6.07 Å². The molecule has 1 N–H and O–H groups in total. The van der Waals surface area contributed by atoms with Crippen LogP contribution in [0.3, 0.4) is 0 Å². The first-order valence-electron chi connectivity index (χ1n) is 6.40. The van der Waals surface area contributed by atoms with E-state index in [9.17, 15) is 0 Å². The van der Waals surface area contributed by atoms with Gasteiger partial charge >= 0.3 is 0 Å². The van der Waals surface area contributed by atoms with E-state index >= 15 is 0 Å². The molecular weight excluding hydrogens is 240 g/mol. The first-order chi connectivity index (χ1) is 9.36. The second-order valence-corrected chi connectivity index (χ2v) is 4.50. The Morgan fingerprint density at radius 1 is 1.37 bits per heavy atom. The molecule has 3 heterocycles. The predicted octanol–water partition coefficient (Wildman–Crippen LogP) is 1.58. The summed E-state index contributed by atoms with van der Waals surface area (Å²) in [5, 5.41) is 3.13. The number of hydrogen-bond donors (Lipinski definition) is 1. The van der Waals surface area contributed by atoms with Crippen LogP contribution in [-0.2, 0) is 24.2 Å². The van der Waals surface area contributed by atoms with Crippen molar-refractivity contribution in [2.75, 3.05) is 19.0 Å². The van der Waals surface area contributed by atoms with Crippen LogP contribution >= 0.6 is 0 Å². The normalized spacial score (nSPS) is 13.9. The number of hydrogen-bond acceptors (Lipinski definition) is 5. The number of anilines is 1. The maximum Gasteiger partial charge on any atom is 0.135 e. The SMILES string of the molecule is CNc1nc(Cc2cccnc2)nc2c1COCC2. The topological polar surface area (TPSA) is 59.9 Å². The molecule has 0 atom stereocenters. The minimum Gasteiger partial charge on any atom is -0.376 e. The molecule has 0 radical (unpaired) electrons. The van der Waals surface area contributed by atoms with Crippen LogP contribution in [0.5, 0.6) is 0 Å². The largest absolute Gasteiger partial charge is 0.376 e. The summed E-state index contributed by atoms with van der Waals surface area (Å²) in [6.45, 7) is 1.33. The second kappa shape index (κ2) is 5.32. The molecule has 98 valence electrons. The van der Waals surface area contributed by atoms with Crippen molar-refractivity contribution in [2.24, 2.45) is 0 Å². The second-order valence-electron chi connectivity index (χ2n) is 4.50. The molecule has 3 rings (SSSR count). The Balaban J connectivity index is 1.94. The molecule has 0 amide bonds. The molecule has 5 nitrogen and oxygen atoms in total. The van der Waals surface area contributed by atoms with Crippen molar-refractivity contribution in [3.63, 3.8) is 0 Å². The third-order valence-corrected chi connectivity index (χ3v) is 3.19. The zero-order valence-electron chi connectivity index (χ0n) is 10.9. The lowest BCUT2D eigenvalue weighted by molar-refractivity contribution is 0.109. The standard InChI is InChI=1S/C14H16N4O/c1-15-14-11-9-19-6-4-12(11)17-13(18-14)7-10-3-2-5-16-8-10/h2-3,5,8H,4,6-7,9H2,1H3,(H,15,17,18). The number of nitrogens with zero attached hydrogens (tertiary/aromatic N) is 3. The van der Waals surface area contributed by atoms with E-state index < -0.39 is 0 Å². The smallest absolute Gasteiger partial charge is 0.135 e. The van der Waals surface area contributed by atoms with Crippen molar-refractivity contribution in [3.05, 3.63) is 47.2 Å². The van der Waals surface area contributed by atoms with E-state index in [1.807, 2.05) is 25.4 Å². The number of aromatic nitrogens is 3. The summed E-state index contributed by atoms with van der Waals surface area (Å²) in [6, 6.07) is 3.97. The Morgan fingerprint density at radius 3 is 3.11 bits per heavy atom. The van der Waals surface area contributed by atoms with E-state index in [4.69, 9.17) is 4.74 Å². The molecule has 2 aromatic rings. The van der Waals surface area contributed by atoms with Gasteiger partial charge in [-0.25, -0.2) is 9.97 Å². The van der Waals surface area contributed by atoms with Crippen molar-refractivity contribution < 1.29 is 4.74 Å². The van der Waals surface area contributed by atoms with Gasteiger partial charge in [0.15, 0.2) is 0 Å². The minimum atomic E-state index is 0.596. The van der Waals surface area contributed by atoms with Gasteiger partial charge in [0.05, 0.1) is 18.9 Å². The van der Waals surface area contributed by atoms with Gasteiger partial charge in [0.25, 0.3) is 0 Å². The Kier molecular flexibility index (Phi) is 3.37. The van der Waals surface area contributed by atoms with Crippen molar-refractivity contribution in [1.29, 1.82) is 0 Å². The summed E-state index contributed by atoms with van der Waals surface area (Å²) in [4.78, 5) is 13.3. The lowest BCUT2D eigenvalue weighted by atomic mass is 10.1. The average molecular weight is 256 g/mol. The Hall–Kier alpha value is -2.01. The van der Waals surface area contributed by atoms with Gasteiger partial charge in [-0.3, -0.25) is 4.98 Å². The fourth-order valence-corrected chi connectivity index (χ4v) is 2.25. The van der Waals surface area contributed by atoms with E-state index in [0.717, 1.165) is 41.5 Å². The summed E-state index contributed by atoms with van der Waals surface area (Å²) in [5.41, 5.74) is 3.31. The van der Waals surface area contributed by atoms with Gasteiger partial charge in [0, 0.05) is 37.8 Å². The van der Waals surface area contributed by atoms with Crippen LogP contribution in [-0.4, -0.2) is 28.6 Å². The molecule has 19 heavy (non-hydrogen) atoms. The van der Waals surface area contributed by atoms with Crippen LogP contribution in [0.2, 0.25) is 0 Å². The summed E-state index contributed by atoms with van der Waals surface area (Å²) < 4.78 is 5.47. The molecule has 0 spiro atoms. The molecule has 0 bridgehead atoms. The fraction of sp³-hybridized carbons (Fsp3) is 0.357. The van der Waals surface area contributed by atoms with Crippen LogP contribution in [0.1, 0.15) is 22.6 Å². The summed E-state index contributed by atoms with van der Waals surface area (Å²) in [6.07, 6.45) is 5.18. The van der Waals surface area contributed by atoms with Gasteiger partial charge in [-0.15, -0.1) is 0 Å². The van der Waals surface area contributed by atoms with Crippen molar-refractivity contribution in [3.8, 4) is 0 Å². The first-order valence-corrected chi connectivity index (χ1v) is 6.40. The van der Waals surface area contributed by atoms with E-state index in [0.29, 0.717) is 13.0 Å². The van der Waals surface area contributed by atoms with Crippen molar-refractivity contribution in [1.82, 2.24) is 15.0 Å². The molecule has 5 heteroatoms. The molecule has 0 saturated heterocycles. The van der Waals surface area contributed by atoms with Gasteiger partial charge < -0.3 is 10.1 Å². The third kappa shape index (κ3) is 2.56. The van der Waals surface area contributed by atoms with E-state index in [1.54, 1.807) is 6.20 Å². The highest BCUT2D eigenvalue weighted by Gasteiger charge is 2.17. The van der Waals surface area contributed by atoms with Gasteiger partial charge in [-0.2, -0.15) is 0 Å². The molecule has 1 aliphatic heterocycles. The maximum atomic E-state index is 5.47. The summed E-state index contributed by atoms with van der Waals surface area (Å²) >= 11 is 0. The van der Waals surface area contributed by atoms with Gasteiger partial charge in [0.1, 0.15) is 11.6 Å². The molecular formula is C14H16N4O. The number of ether oxygens (including phenoxy) is 1. The quantitative estimate of drug-likeness (QED) is 0.903. The zero-order chi connectivity index (χ0) is 13.1. The zero-order valence-corrected chi connectivity index (χ0v) is 10.9. The number of nitrogens with one attached hydrogen (secondary N) is 1. The maximum absolute atomic E-state index is 5.47. The Bertz CT molecular complexity index is 554. The van der Waals surface area contributed by atoms with E-state index in [1.165, 1.54) is 0 Å². The highest BCUT2D eigenvalue weighted by Crippen LogP contribution is 2.22. The van der Waals surface area contributed by atoms with Crippen molar-refractivity contribution >= 4 is 5.82 Å². The molecule has 0 aromatic carbocycles. The molecule has 0 unspecified atom stereocenters. The highest BCUT2D eigenvalue weighted by molar-refractivity contribution is 5.47. The van der Waals surface area contributed by atoms with Crippen LogP contribution in [0.4, 0.5) is 5.82 Å². The minimum absolute atomic E-state index is 0.596. The third-order valence-electron chi connectivity index (χ3n) is 3.19. The molecule has 0 saturated carbocycles. The van der Waals surface area contributed by atoms with Crippen molar-refractivity contribution in [2.45, 2.75) is 19.4 Å². The van der Waals surface area contributed by atoms with E-state index in [2.05, 4.69) is 20.3 Å². The number of fused-ring (bicyclic) bond motifs is 1. The monoisotopic (exact) mass is 256 g/mol. The number of pyridine rings is 1. The highest BCUT2D eigenvalue weighted by atomic mass is 16.5. The van der Waals surface area contributed by atoms with E-state index in [-0.39, 0.29) is 0 Å². The molecule has 0 aliphatic carbocycles. The summed E-state index contributed by atoms with van der Waals surface area (Å²) in [5.74, 6) is 1.71. The average Bonchev–Trinajstić information content (AvgIpc) is 2.47. The Labute approximate surface area is 112 Å². The van der Waals surface area contributed by atoms with Gasteiger partial charge in [0.2, 0.25) is 0 Å². The van der Waals surface area contributed by atoms with Crippen LogP contribution < -0.4 is 5.32 Å². The van der Waals surface area contributed by atoms with Crippen LogP contribution in [0.25, 0.3) is 0 Å². The fourth-order valence-electron chi connectivity index (χ4n) is 2.25. The lowest BCUT2D eigenvalue weighted by Gasteiger charge is -2.19. The number of rotatable bonds is 3. The first kappa shape index (κ1) is 12.0. The van der Waals surface area contributed by atoms with Crippen LogP contribution in [0.15, 0.2) is 24.5 Å². The molecule has 1 aliphatic rings. The molecule has 0 fully saturated rings. The van der Waals surface area contributed by atoms with Crippen LogP contribution in [0, 0.1) is 0 Å². The summed E-state index contributed by atoms with van der Waals surface area (Å²) in [7, 11) is 1.88.